The lowest BCUT2D eigenvalue weighted by atomic mass is 10.1. The van der Waals surface area contributed by atoms with Crippen LogP contribution in [0.3, 0.4) is 0 Å². The molecule has 0 aliphatic carbocycles. The molecule has 0 unspecified atom stereocenters. The molecule has 0 spiro atoms. The summed E-state index contributed by atoms with van der Waals surface area (Å²) in [6.45, 7) is 5.74. The van der Waals surface area contributed by atoms with Crippen LogP contribution in [0.25, 0.3) is 5.65 Å². The van der Waals surface area contributed by atoms with Crippen LogP contribution in [-0.4, -0.2) is 20.8 Å². The molecule has 136 valence electrons. The third-order valence-corrected chi connectivity index (χ3v) is 5.21. The minimum absolute atomic E-state index is 0.0655. The summed E-state index contributed by atoms with van der Waals surface area (Å²) >= 11 is 12.2. The molecule has 3 rings (SSSR count). The fraction of sp³-hybridized carbons (Fsp3) is 0.300. The zero-order valence-electron chi connectivity index (χ0n) is 14.8. The molecule has 0 aliphatic heterocycles. The number of rotatable bonds is 6. The van der Waals surface area contributed by atoms with Gasteiger partial charge in [0.2, 0.25) is 0 Å². The van der Waals surface area contributed by atoms with Crippen molar-refractivity contribution in [3.63, 3.8) is 0 Å². The summed E-state index contributed by atoms with van der Waals surface area (Å²) in [5, 5.41) is 1.10. The van der Waals surface area contributed by atoms with E-state index in [2.05, 4.69) is 23.7 Å². The third-order valence-electron chi connectivity index (χ3n) is 4.47. The standard InChI is InChI=1S/C20H21Cl2N3O/c1-3-9-24(14(2)15-7-8-17(21)18(22)11-15)13-16-12-20(26)25-10-5-4-6-19(25)23-16/h4-8,10-12,14H,3,9,13H2,1-2H3/t14-/m1/s1. The first kappa shape index (κ1) is 18.9. The predicted molar refractivity (Wildman–Crippen MR) is 107 cm³/mol. The minimum Gasteiger partial charge on any atom is -0.291 e. The van der Waals surface area contributed by atoms with Crippen LogP contribution < -0.4 is 5.56 Å². The molecule has 0 radical (unpaired) electrons. The van der Waals surface area contributed by atoms with E-state index < -0.39 is 0 Å². The lowest BCUT2D eigenvalue weighted by Crippen LogP contribution is -2.29. The molecular weight excluding hydrogens is 369 g/mol. The predicted octanol–water partition coefficient (Wildman–Crippen LogP) is 4.97. The Kier molecular flexibility index (Phi) is 5.97. The van der Waals surface area contributed by atoms with Crippen LogP contribution in [0.2, 0.25) is 10.0 Å². The number of aromatic nitrogens is 2. The molecule has 0 saturated carbocycles. The number of hydrogen-bond donors (Lipinski definition) is 0. The smallest absolute Gasteiger partial charge is 0.258 e. The van der Waals surface area contributed by atoms with Gasteiger partial charge in [0.1, 0.15) is 5.65 Å². The maximum Gasteiger partial charge on any atom is 0.258 e. The first-order valence-corrected chi connectivity index (χ1v) is 9.41. The van der Waals surface area contributed by atoms with E-state index in [0.717, 1.165) is 24.2 Å². The second-order valence-electron chi connectivity index (χ2n) is 6.33. The topological polar surface area (TPSA) is 37.6 Å². The molecule has 1 aromatic carbocycles. The Hall–Kier alpha value is -1.88. The molecule has 0 bridgehead atoms. The number of hydrogen-bond acceptors (Lipinski definition) is 3. The summed E-state index contributed by atoms with van der Waals surface area (Å²) in [7, 11) is 0. The molecule has 0 amide bonds. The van der Waals surface area contributed by atoms with Gasteiger partial charge in [-0.15, -0.1) is 0 Å². The van der Waals surface area contributed by atoms with Gasteiger partial charge in [-0.3, -0.25) is 14.1 Å². The summed E-state index contributed by atoms with van der Waals surface area (Å²) in [6.07, 6.45) is 2.73. The van der Waals surface area contributed by atoms with Gasteiger partial charge < -0.3 is 0 Å². The third kappa shape index (κ3) is 4.09. The quantitative estimate of drug-likeness (QED) is 0.596. The second kappa shape index (κ2) is 8.21. The monoisotopic (exact) mass is 389 g/mol. The molecule has 1 atom stereocenters. The van der Waals surface area contributed by atoms with E-state index in [9.17, 15) is 4.79 Å². The highest BCUT2D eigenvalue weighted by atomic mass is 35.5. The lowest BCUT2D eigenvalue weighted by Gasteiger charge is -2.29. The van der Waals surface area contributed by atoms with Crippen molar-refractivity contribution in [3.05, 3.63) is 80.3 Å². The fourth-order valence-electron chi connectivity index (χ4n) is 3.07. The van der Waals surface area contributed by atoms with Crippen LogP contribution in [0.5, 0.6) is 0 Å². The molecule has 2 heterocycles. The van der Waals surface area contributed by atoms with Gasteiger partial charge in [0, 0.05) is 24.8 Å². The molecular formula is C20H21Cl2N3O. The molecule has 0 N–H and O–H groups in total. The van der Waals surface area contributed by atoms with Crippen LogP contribution in [-0.2, 0) is 6.54 Å². The van der Waals surface area contributed by atoms with Crippen molar-refractivity contribution in [2.75, 3.05) is 6.54 Å². The number of halogens is 2. The number of fused-ring (bicyclic) bond motifs is 1. The second-order valence-corrected chi connectivity index (χ2v) is 7.15. The van der Waals surface area contributed by atoms with E-state index in [1.807, 2.05) is 36.4 Å². The van der Waals surface area contributed by atoms with Crippen molar-refractivity contribution in [1.29, 1.82) is 0 Å². The molecule has 0 aliphatic rings. The van der Waals surface area contributed by atoms with Crippen molar-refractivity contribution in [1.82, 2.24) is 14.3 Å². The molecule has 26 heavy (non-hydrogen) atoms. The minimum atomic E-state index is -0.0655. The maximum atomic E-state index is 12.3. The van der Waals surface area contributed by atoms with Crippen molar-refractivity contribution in [2.45, 2.75) is 32.9 Å². The van der Waals surface area contributed by atoms with Gasteiger partial charge in [-0.1, -0.05) is 42.3 Å². The van der Waals surface area contributed by atoms with Crippen molar-refractivity contribution in [3.8, 4) is 0 Å². The average molecular weight is 390 g/mol. The highest BCUT2D eigenvalue weighted by Crippen LogP contribution is 2.29. The Morgan fingerprint density at radius 1 is 1.15 bits per heavy atom. The largest absolute Gasteiger partial charge is 0.291 e. The number of nitrogens with zero attached hydrogens (tertiary/aromatic N) is 3. The summed E-state index contributed by atoms with van der Waals surface area (Å²) in [5.41, 5.74) is 2.45. The van der Waals surface area contributed by atoms with Crippen molar-refractivity contribution < 1.29 is 0 Å². The Bertz CT molecular complexity index is 971. The van der Waals surface area contributed by atoms with E-state index in [-0.39, 0.29) is 11.6 Å². The first-order valence-electron chi connectivity index (χ1n) is 8.66. The van der Waals surface area contributed by atoms with Crippen LogP contribution in [0.4, 0.5) is 0 Å². The van der Waals surface area contributed by atoms with Gasteiger partial charge in [0.15, 0.2) is 0 Å². The SMILES string of the molecule is CCCN(Cc1cc(=O)n2ccccc2n1)[C@H](C)c1ccc(Cl)c(Cl)c1. The van der Waals surface area contributed by atoms with E-state index in [1.165, 1.54) is 0 Å². The maximum absolute atomic E-state index is 12.3. The molecule has 3 aromatic rings. The zero-order valence-corrected chi connectivity index (χ0v) is 16.3. The van der Waals surface area contributed by atoms with E-state index in [1.54, 1.807) is 16.7 Å². The van der Waals surface area contributed by atoms with E-state index in [0.29, 0.717) is 22.2 Å². The van der Waals surface area contributed by atoms with Crippen LogP contribution in [0.1, 0.15) is 37.6 Å². The van der Waals surface area contributed by atoms with Crippen molar-refractivity contribution in [2.24, 2.45) is 0 Å². The molecule has 2 aromatic heterocycles. The Morgan fingerprint density at radius 2 is 1.96 bits per heavy atom. The fourth-order valence-corrected chi connectivity index (χ4v) is 3.38. The van der Waals surface area contributed by atoms with Gasteiger partial charge >= 0.3 is 0 Å². The summed E-state index contributed by atoms with van der Waals surface area (Å²) in [5.74, 6) is 0. The van der Waals surface area contributed by atoms with Gasteiger partial charge in [-0.2, -0.15) is 0 Å². The van der Waals surface area contributed by atoms with Crippen LogP contribution >= 0.6 is 23.2 Å². The number of benzene rings is 1. The lowest BCUT2D eigenvalue weighted by molar-refractivity contribution is 0.199. The number of pyridine rings is 1. The van der Waals surface area contributed by atoms with Crippen molar-refractivity contribution >= 4 is 28.8 Å². The van der Waals surface area contributed by atoms with Gasteiger partial charge in [-0.25, -0.2) is 4.98 Å². The Morgan fingerprint density at radius 3 is 2.69 bits per heavy atom. The first-order chi connectivity index (χ1) is 12.5. The van der Waals surface area contributed by atoms with E-state index in [4.69, 9.17) is 23.2 Å². The highest BCUT2D eigenvalue weighted by Gasteiger charge is 2.17. The molecule has 0 fully saturated rings. The van der Waals surface area contributed by atoms with Gasteiger partial charge in [0.05, 0.1) is 15.7 Å². The Balaban J connectivity index is 1.90. The molecule has 4 nitrogen and oxygen atoms in total. The Labute approximate surface area is 163 Å². The van der Waals surface area contributed by atoms with Crippen LogP contribution in [0, 0.1) is 0 Å². The molecule has 0 saturated heterocycles. The summed E-state index contributed by atoms with van der Waals surface area (Å²) in [4.78, 5) is 19.3. The van der Waals surface area contributed by atoms with Gasteiger partial charge in [0.25, 0.3) is 5.56 Å². The average Bonchev–Trinajstić information content (AvgIpc) is 2.63. The normalized spacial score (nSPS) is 12.7. The summed E-state index contributed by atoms with van der Waals surface area (Å²) in [6, 6.07) is 13.0. The zero-order chi connectivity index (χ0) is 18.7. The highest BCUT2D eigenvalue weighted by molar-refractivity contribution is 6.42. The van der Waals surface area contributed by atoms with E-state index >= 15 is 0 Å². The van der Waals surface area contributed by atoms with Gasteiger partial charge in [-0.05, 0) is 49.7 Å². The van der Waals surface area contributed by atoms with Crippen LogP contribution in [0.15, 0.2) is 53.5 Å². The molecule has 6 heteroatoms. The summed E-state index contributed by atoms with van der Waals surface area (Å²) < 4.78 is 1.55.